The van der Waals surface area contributed by atoms with Crippen molar-refractivity contribution < 1.29 is 13.2 Å². The Morgan fingerprint density at radius 3 is 2.44 bits per heavy atom. The van der Waals surface area contributed by atoms with Crippen molar-refractivity contribution in [1.29, 1.82) is 0 Å². The summed E-state index contributed by atoms with van der Waals surface area (Å²) in [5.74, 6) is 1.16. The lowest BCUT2D eigenvalue weighted by Gasteiger charge is -2.21. The number of carbonyl (C=O) groups is 1. The number of amides is 1. The third kappa shape index (κ3) is 6.99. The van der Waals surface area contributed by atoms with E-state index in [2.05, 4.69) is 5.32 Å². The maximum atomic E-state index is 11.6. The molecule has 1 aliphatic rings. The number of hydrogen-bond acceptors (Lipinski definition) is 3. The van der Waals surface area contributed by atoms with E-state index in [-0.39, 0.29) is 18.1 Å². The van der Waals surface area contributed by atoms with Crippen molar-refractivity contribution in [1.82, 2.24) is 5.32 Å². The molecule has 1 saturated carbocycles. The molecule has 4 nitrogen and oxygen atoms in total. The third-order valence-corrected chi connectivity index (χ3v) is 5.42. The summed E-state index contributed by atoms with van der Waals surface area (Å²) in [6, 6.07) is 0. The van der Waals surface area contributed by atoms with Gasteiger partial charge >= 0.3 is 0 Å². The molecule has 0 radical (unpaired) electrons. The summed E-state index contributed by atoms with van der Waals surface area (Å²) in [6.45, 7) is 0.231. The zero-order valence-corrected chi connectivity index (χ0v) is 11.9. The Morgan fingerprint density at radius 2 is 1.78 bits per heavy atom. The minimum absolute atomic E-state index is 0.0647. The van der Waals surface area contributed by atoms with Crippen LogP contribution in [0.3, 0.4) is 0 Å². The molecule has 0 aliphatic heterocycles. The van der Waals surface area contributed by atoms with E-state index in [9.17, 15) is 13.2 Å². The van der Waals surface area contributed by atoms with Gasteiger partial charge in [-0.15, -0.1) is 0 Å². The van der Waals surface area contributed by atoms with E-state index in [1.807, 2.05) is 0 Å². The Kier molecular flexibility index (Phi) is 7.32. The van der Waals surface area contributed by atoms with Crippen LogP contribution >= 0.6 is 0 Å². The standard InChI is InChI=1S/C13H25NO3S/c15-12-14-9-11-18(16,17)10-5-4-8-13-6-2-1-3-7-13/h12-13H,1-11H2,(H,14,15). The topological polar surface area (TPSA) is 63.2 Å². The van der Waals surface area contributed by atoms with Crippen LogP contribution in [-0.2, 0) is 14.6 Å². The van der Waals surface area contributed by atoms with Gasteiger partial charge in [0.15, 0.2) is 9.84 Å². The molecule has 0 bridgehead atoms. The summed E-state index contributed by atoms with van der Waals surface area (Å²) >= 11 is 0. The minimum atomic E-state index is -2.98. The zero-order chi connectivity index (χ0) is 13.3. The summed E-state index contributed by atoms with van der Waals surface area (Å²) in [5.41, 5.74) is 0. The Bertz CT molecular complexity index is 321. The van der Waals surface area contributed by atoms with Crippen LogP contribution in [0.15, 0.2) is 0 Å². The van der Waals surface area contributed by atoms with Gasteiger partial charge in [0.1, 0.15) is 0 Å². The summed E-state index contributed by atoms with van der Waals surface area (Å²) in [6.07, 6.45) is 10.2. The van der Waals surface area contributed by atoms with Crippen LogP contribution in [0.5, 0.6) is 0 Å². The molecule has 0 aromatic heterocycles. The quantitative estimate of drug-likeness (QED) is 0.516. The lowest BCUT2D eigenvalue weighted by Crippen LogP contribution is -2.23. The molecule has 0 unspecified atom stereocenters. The van der Waals surface area contributed by atoms with Gasteiger partial charge in [-0.05, 0) is 12.3 Å². The molecule has 106 valence electrons. The van der Waals surface area contributed by atoms with Gasteiger partial charge in [0, 0.05) is 6.54 Å². The van der Waals surface area contributed by atoms with Crippen molar-refractivity contribution in [2.45, 2.75) is 51.4 Å². The minimum Gasteiger partial charge on any atom is -0.358 e. The molecule has 0 saturated heterocycles. The van der Waals surface area contributed by atoms with Crippen molar-refractivity contribution in [3.63, 3.8) is 0 Å². The monoisotopic (exact) mass is 275 g/mol. The first kappa shape index (κ1) is 15.5. The first-order chi connectivity index (χ1) is 8.64. The van der Waals surface area contributed by atoms with E-state index in [0.717, 1.165) is 18.8 Å². The largest absolute Gasteiger partial charge is 0.358 e. The highest BCUT2D eigenvalue weighted by Gasteiger charge is 2.14. The second-order valence-corrected chi connectivity index (χ2v) is 7.53. The van der Waals surface area contributed by atoms with E-state index in [0.29, 0.717) is 6.41 Å². The van der Waals surface area contributed by atoms with Gasteiger partial charge in [-0.1, -0.05) is 44.9 Å². The molecular weight excluding hydrogens is 250 g/mol. The summed E-state index contributed by atoms with van der Waals surface area (Å²) in [7, 11) is -2.98. The molecule has 0 spiro atoms. The fourth-order valence-corrected chi connectivity index (χ4v) is 3.88. The third-order valence-electron chi connectivity index (χ3n) is 3.68. The Labute approximate surface area is 110 Å². The Hall–Kier alpha value is -0.580. The molecule has 1 fully saturated rings. The van der Waals surface area contributed by atoms with E-state index >= 15 is 0 Å². The van der Waals surface area contributed by atoms with Gasteiger partial charge < -0.3 is 5.32 Å². The number of unbranched alkanes of at least 4 members (excludes halogenated alkanes) is 1. The predicted octanol–water partition coefficient (Wildman–Crippen LogP) is 1.90. The number of hydrogen-bond donors (Lipinski definition) is 1. The van der Waals surface area contributed by atoms with Crippen molar-refractivity contribution in [3.05, 3.63) is 0 Å². The lowest BCUT2D eigenvalue weighted by atomic mass is 9.86. The van der Waals surface area contributed by atoms with E-state index < -0.39 is 9.84 Å². The van der Waals surface area contributed by atoms with Crippen LogP contribution in [0.1, 0.15) is 51.4 Å². The highest BCUT2D eigenvalue weighted by Crippen LogP contribution is 2.27. The van der Waals surface area contributed by atoms with Gasteiger partial charge in [0.25, 0.3) is 0 Å². The van der Waals surface area contributed by atoms with E-state index in [4.69, 9.17) is 0 Å². The van der Waals surface area contributed by atoms with Crippen molar-refractivity contribution in [3.8, 4) is 0 Å². The number of sulfone groups is 1. The fraction of sp³-hybridized carbons (Fsp3) is 0.923. The molecule has 1 aliphatic carbocycles. The predicted molar refractivity (Wildman–Crippen MR) is 73.1 cm³/mol. The van der Waals surface area contributed by atoms with Crippen LogP contribution in [0, 0.1) is 5.92 Å². The number of nitrogens with one attached hydrogen (secondary N) is 1. The van der Waals surface area contributed by atoms with Crippen molar-refractivity contribution in [2.24, 2.45) is 5.92 Å². The van der Waals surface area contributed by atoms with E-state index in [1.165, 1.54) is 38.5 Å². The van der Waals surface area contributed by atoms with Gasteiger partial charge in [-0.2, -0.15) is 0 Å². The average molecular weight is 275 g/mol. The average Bonchev–Trinajstić information content (AvgIpc) is 2.36. The number of rotatable bonds is 9. The van der Waals surface area contributed by atoms with Crippen LogP contribution in [0.25, 0.3) is 0 Å². The Morgan fingerprint density at radius 1 is 1.06 bits per heavy atom. The van der Waals surface area contributed by atoms with Crippen molar-refractivity contribution in [2.75, 3.05) is 18.1 Å². The van der Waals surface area contributed by atoms with E-state index in [1.54, 1.807) is 0 Å². The van der Waals surface area contributed by atoms with Gasteiger partial charge in [-0.3, -0.25) is 4.79 Å². The summed E-state index contributed by atoms with van der Waals surface area (Å²) in [4.78, 5) is 10.0. The van der Waals surface area contributed by atoms with Gasteiger partial charge in [0.05, 0.1) is 11.5 Å². The maximum Gasteiger partial charge on any atom is 0.207 e. The molecule has 1 N–H and O–H groups in total. The highest BCUT2D eigenvalue weighted by atomic mass is 32.2. The first-order valence-electron chi connectivity index (χ1n) is 7.01. The molecule has 0 atom stereocenters. The van der Waals surface area contributed by atoms with Crippen LogP contribution in [0.4, 0.5) is 0 Å². The number of carbonyl (C=O) groups excluding carboxylic acids is 1. The molecule has 18 heavy (non-hydrogen) atoms. The molecule has 1 amide bonds. The highest BCUT2D eigenvalue weighted by molar-refractivity contribution is 7.91. The summed E-state index contributed by atoms with van der Waals surface area (Å²) < 4.78 is 23.2. The fourth-order valence-electron chi connectivity index (χ4n) is 2.61. The van der Waals surface area contributed by atoms with Crippen LogP contribution in [-0.4, -0.2) is 32.9 Å². The SMILES string of the molecule is O=CNCCS(=O)(=O)CCCCC1CCCCC1. The van der Waals surface area contributed by atoms with Crippen molar-refractivity contribution >= 4 is 16.2 Å². The molecule has 0 aromatic rings. The normalized spacial score (nSPS) is 17.6. The molecule has 1 rings (SSSR count). The van der Waals surface area contributed by atoms with Crippen LogP contribution < -0.4 is 5.32 Å². The molecule has 0 aromatic carbocycles. The smallest absolute Gasteiger partial charge is 0.207 e. The Balaban J connectivity index is 2.06. The molecule has 5 heteroatoms. The van der Waals surface area contributed by atoms with Gasteiger partial charge in [0.2, 0.25) is 6.41 Å². The van der Waals surface area contributed by atoms with Crippen LogP contribution in [0.2, 0.25) is 0 Å². The molecular formula is C13H25NO3S. The second kappa shape index (κ2) is 8.51. The van der Waals surface area contributed by atoms with Gasteiger partial charge in [-0.25, -0.2) is 8.42 Å². The first-order valence-corrected chi connectivity index (χ1v) is 8.83. The summed E-state index contributed by atoms with van der Waals surface area (Å²) in [5, 5.41) is 2.39. The maximum absolute atomic E-state index is 11.6. The zero-order valence-electron chi connectivity index (χ0n) is 11.1. The second-order valence-electron chi connectivity index (χ2n) is 5.22. The lowest BCUT2D eigenvalue weighted by molar-refractivity contribution is -0.109. The molecule has 0 heterocycles.